The summed E-state index contributed by atoms with van der Waals surface area (Å²) in [7, 11) is 1.32. The van der Waals surface area contributed by atoms with E-state index in [4.69, 9.17) is 4.74 Å². The Morgan fingerprint density at radius 1 is 1.48 bits per heavy atom. The molecule has 0 bridgehead atoms. The first-order valence-electron chi connectivity index (χ1n) is 6.77. The second-order valence-electron chi connectivity index (χ2n) is 5.24. The summed E-state index contributed by atoms with van der Waals surface area (Å²) in [6.07, 6.45) is 3.40. The Labute approximate surface area is 122 Å². The molecule has 1 aliphatic carbocycles. The average Bonchev–Trinajstić information content (AvgIpc) is 2.95. The molecular formula is C14H18N2O5. The van der Waals surface area contributed by atoms with Gasteiger partial charge in [-0.1, -0.05) is 12.8 Å². The summed E-state index contributed by atoms with van der Waals surface area (Å²) in [5.74, 6) is -0.323. The van der Waals surface area contributed by atoms with Crippen molar-refractivity contribution in [3.05, 3.63) is 33.9 Å². The van der Waals surface area contributed by atoms with Crippen molar-refractivity contribution >= 4 is 11.6 Å². The monoisotopic (exact) mass is 294 g/mol. The average molecular weight is 294 g/mol. The van der Waals surface area contributed by atoms with Crippen LogP contribution in [0.5, 0.6) is 5.75 Å². The summed E-state index contributed by atoms with van der Waals surface area (Å²) in [5.41, 5.74) is -0.490. The first-order chi connectivity index (χ1) is 10.0. The molecule has 1 amide bonds. The van der Waals surface area contributed by atoms with Crippen molar-refractivity contribution in [2.24, 2.45) is 0 Å². The first-order valence-corrected chi connectivity index (χ1v) is 6.77. The highest BCUT2D eigenvalue weighted by Gasteiger charge is 2.35. The van der Waals surface area contributed by atoms with Gasteiger partial charge in [-0.3, -0.25) is 14.9 Å². The molecule has 0 radical (unpaired) electrons. The molecule has 1 aliphatic rings. The van der Waals surface area contributed by atoms with Crippen LogP contribution in [0, 0.1) is 10.1 Å². The number of aliphatic hydroxyl groups is 1. The van der Waals surface area contributed by atoms with E-state index in [-0.39, 0.29) is 29.5 Å². The summed E-state index contributed by atoms with van der Waals surface area (Å²) >= 11 is 0. The molecule has 0 saturated heterocycles. The van der Waals surface area contributed by atoms with Crippen LogP contribution in [0.25, 0.3) is 0 Å². The summed E-state index contributed by atoms with van der Waals surface area (Å²) in [4.78, 5) is 22.5. The number of ether oxygens (including phenoxy) is 1. The summed E-state index contributed by atoms with van der Waals surface area (Å²) in [6, 6.07) is 3.97. The molecule has 2 rings (SSSR count). The van der Waals surface area contributed by atoms with E-state index in [2.05, 4.69) is 5.32 Å². The Hall–Kier alpha value is -2.15. The van der Waals surface area contributed by atoms with Crippen LogP contribution < -0.4 is 10.1 Å². The molecule has 21 heavy (non-hydrogen) atoms. The van der Waals surface area contributed by atoms with E-state index in [1.807, 2.05) is 0 Å². The fraction of sp³-hybridized carbons (Fsp3) is 0.500. The predicted molar refractivity (Wildman–Crippen MR) is 75.4 cm³/mol. The molecule has 1 aromatic carbocycles. The SMILES string of the molecule is COc1cc(C(=O)NC2(CO)CCCC2)ccc1[N+](=O)[O-]. The Balaban J connectivity index is 2.21. The van der Waals surface area contributed by atoms with Crippen LogP contribution in [-0.4, -0.2) is 35.2 Å². The molecule has 7 nitrogen and oxygen atoms in total. The molecule has 0 heterocycles. The van der Waals surface area contributed by atoms with Gasteiger partial charge in [0.15, 0.2) is 5.75 Å². The lowest BCUT2D eigenvalue weighted by Gasteiger charge is -2.28. The van der Waals surface area contributed by atoms with E-state index in [0.717, 1.165) is 25.7 Å². The lowest BCUT2D eigenvalue weighted by Crippen LogP contribution is -2.49. The van der Waals surface area contributed by atoms with Crippen molar-refractivity contribution in [2.45, 2.75) is 31.2 Å². The fourth-order valence-electron chi connectivity index (χ4n) is 2.66. The number of benzene rings is 1. The third-order valence-corrected chi connectivity index (χ3v) is 3.88. The highest BCUT2D eigenvalue weighted by atomic mass is 16.6. The van der Waals surface area contributed by atoms with Crippen LogP contribution in [-0.2, 0) is 0 Å². The van der Waals surface area contributed by atoms with Crippen molar-refractivity contribution in [2.75, 3.05) is 13.7 Å². The quantitative estimate of drug-likeness (QED) is 0.635. The molecule has 1 aromatic rings. The molecule has 7 heteroatoms. The number of nitrogens with one attached hydrogen (secondary N) is 1. The second-order valence-corrected chi connectivity index (χ2v) is 5.24. The number of nitro groups is 1. The minimum atomic E-state index is -0.577. The summed E-state index contributed by atoms with van der Waals surface area (Å²) in [6.45, 7) is -0.108. The van der Waals surface area contributed by atoms with Crippen LogP contribution in [0.1, 0.15) is 36.0 Å². The number of hydrogen-bond donors (Lipinski definition) is 2. The standard InChI is InChI=1S/C14H18N2O5/c1-21-12-8-10(4-5-11(12)16(19)20)13(18)15-14(9-17)6-2-3-7-14/h4-5,8,17H,2-3,6-7,9H2,1H3,(H,15,18). The van der Waals surface area contributed by atoms with Gasteiger partial charge < -0.3 is 15.2 Å². The van der Waals surface area contributed by atoms with Crippen LogP contribution >= 0.6 is 0 Å². The van der Waals surface area contributed by atoms with Gasteiger partial charge >= 0.3 is 5.69 Å². The van der Waals surface area contributed by atoms with E-state index < -0.39 is 10.5 Å². The van der Waals surface area contributed by atoms with Gasteiger partial charge in [0.1, 0.15) is 0 Å². The predicted octanol–water partition coefficient (Wildman–Crippen LogP) is 1.64. The van der Waals surface area contributed by atoms with Gasteiger partial charge in [0.05, 0.1) is 24.2 Å². The zero-order valence-corrected chi connectivity index (χ0v) is 11.8. The maximum absolute atomic E-state index is 12.3. The van der Waals surface area contributed by atoms with E-state index in [9.17, 15) is 20.0 Å². The van der Waals surface area contributed by atoms with E-state index in [1.54, 1.807) is 0 Å². The van der Waals surface area contributed by atoms with Crippen LogP contribution in [0.3, 0.4) is 0 Å². The van der Waals surface area contributed by atoms with Gasteiger partial charge in [0.2, 0.25) is 0 Å². The zero-order valence-electron chi connectivity index (χ0n) is 11.8. The number of carbonyl (C=O) groups excluding carboxylic acids is 1. The molecule has 2 N–H and O–H groups in total. The molecule has 0 atom stereocenters. The van der Waals surface area contributed by atoms with Crippen molar-refractivity contribution in [1.82, 2.24) is 5.32 Å². The Bertz CT molecular complexity index is 552. The maximum Gasteiger partial charge on any atom is 0.310 e. The van der Waals surface area contributed by atoms with Crippen molar-refractivity contribution < 1.29 is 19.6 Å². The fourth-order valence-corrected chi connectivity index (χ4v) is 2.66. The number of aliphatic hydroxyl groups excluding tert-OH is 1. The number of hydrogen-bond acceptors (Lipinski definition) is 5. The third kappa shape index (κ3) is 3.13. The number of carbonyl (C=O) groups is 1. The van der Waals surface area contributed by atoms with Gasteiger partial charge in [-0.2, -0.15) is 0 Å². The smallest absolute Gasteiger partial charge is 0.310 e. The van der Waals surface area contributed by atoms with E-state index >= 15 is 0 Å². The number of amides is 1. The lowest BCUT2D eigenvalue weighted by atomic mass is 9.98. The molecule has 1 saturated carbocycles. The highest BCUT2D eigenvalue weighted by Crippen LogP contribution is 2.31. The molecule has 1 fully saturated rings. The van der Waals surface area contributed by atoms with E-state index in [0.29, 0.717) is 0 Å². The minimum Gasteiger partial charge on any atom is -0.490 e. The third-order valence-electron chi connectivity index (χ3n) is 3.88. The van der Waals surface area contributed by atoms with Crippen LogP contribution in [0.2, 0.25) is 0 Å². The molecule has 114 valence electrons. The maximum atomic E-state index is 12.3. The largest absolute Gasteiger partial charge is 0.490 e. The van der Waals surface area contributed by atoms with Gasteiger partial charge in [-0.15, -0.1) is 0 Å². The number of methoxy groups -OCH3 is 1. The molecule has 0 unspecified atom stereocenters. The summed E-state index contributed by atoms with van der Waals surface area (Å²) in [5, 5.41) is 23.2. The van der Waals surface area contributed by atoms with Crippen molar-refractivity contribution in [3.8, 4) is 5.75 Å². The van der Waals surface area contributed by atoms with Gasteiger partial charge in [0.25, 0.3) is 5.91 Å². The number of nitro benzene ring substituents is 1. The first kappa shape index (κ1) is 15.2. The zero-order chi connectivity index (χ0) is 15.5. The topological polar surface area (TPSA) is 102 Å². The van der Waals surface area contributed by atoms with E-state index in [1.165, 1.54) is 25.3 Å². The molecule has 0 aromatic heterocycles. The number of rotatable bonds is 5. The molecule has 0 spiro atoms. The Morgan fingerprint density at radius 3 is 2.67 bits per heavy atom. The lowest BCUT2D eigenvalue weighted by molar-refractivity contribution is -0.385. The highest BCUT2D eigenvalue weighted by molar-refractivity contribution is 5.95. The van der Waals surface area contributed by atoms with Gasteiger partial charge in [-0.25, -0.2) is 0 Å². The normalized spacial score (nSPS) is 16.5. The van der Waals surface area contributed by atoms with Crippen LogP contribution in [0.4, 0.5) is 5.69 Å². The minimum absolute atomic E-state index is 0.0390. The van der Waals surface area contributed by atoms with Gasteiger partial charge in [0, 0.05) is 17.7 Å². The number of nitrogens with zero attached hydrogens (tertiary/aromatic N) is 1. The summed E-state index contributed by atoms with van der Waals surface area (Å²) < 4.78 is 4.95. The molecular weight excluding hydrogens is 276 g/mol. The Kier molecular flexibility index (Phi) is 4.42. The Morgan fingerprint density at radius 2 is 2.14 bits per heavy atom. The van der Waals surface area contributed by atoms with Crippen molar-refractivity contribution in [1.29, 1.82) is 0 Å². The van der Waals surface area contributed by atoms with Gasteiger partial charge in [-0.05, 0) is 18.9 Å². The molecule has 0 aliphatic heterocycles. The second kappa shape index (κ2) is 6.09. The van der Waals surface area contributed by atoms with Crippen LogP contribution in [0.15, 0.2) is 18.2 Å². The van der Waals surface area contributed by atoms with Crippen molar-refractivity contribution in [3.63, 3.8) is 0 Å².